The van der Waals surface area contributed by atoms with E-state index in [1.165, 1.54) is 6.07 Å². The molecule has 0 aliphatic heterocycles. The van der Waals surface area contributed by atoms with Gasteiger partial charge in [-0.25, -0.2) is 8.78 Å². The van der Waals surface area contributed by atoms with Crippen molar-refractivity contribution in [3.63, 3.8) is 0 Å². The minimum atomic E-state index is -1.60. The van der Waals surface area contributed by atoms with E-state index in [4.69, 9.17) is 5.73 Å². The molecule has 0 amide bonds. The quantitative estimate of drug-likeness (QED) is 0.863. The van der Waals surface area contributed by atoms with Crippen LogP contribution >= 0.6 is 15.9 Å². The highest BCUT2D eigenvalue weighted by atomic mass is 79.9. The van der Waals surface area contributed by atoms with Crippen LogP contribution in [0.15, 0.2) is 45.8 Å². The number of nitrogen functional groups attached to an aromatic ring is 1. The molecular weight excluding hydrogens is 336 g/mol. The molecule has 2 rings (SSSR count). The third-order valence-corrected chi connectivity index (χ3v) is 4.90. The lowest BCUT2D eigenvalue weighted by atomic mass is 10.2. The molecule has 2 aromatic carbocycles. The Hall–Kier alpha value is -1.27. The maximum Gasteiger partial charge on any atom is 0.142 e. The first-order valence-corrected chi connectivity index (χ1v) is 7.46. The van der Waals surface area contributed by atoms with Crippen molar-refractivity contribution in [3.8, 4) is 0 Å². The summed E-state index contributed by atoms with van der Waals surface area (Å²) >= 11 is 3.30. The fourth-order valence-electron chi connectivity index (χ4n) is 1.59. The molecule has 0 aliphatic rings. The van der Waals surface area contributed by atoms with Crippen LogP contribution in [-0.4, -0.2) is 4.21 Å². The molecule has 0 spiro atoms. The first kappa shape index (κ1) is 14.1. The molecule has 19 heavy (non-hydrogen) atoms. The summed E-state index contributed by atoms with van der Waals surface area (Å²) in [7, 11) is -1.60. The van der Waals surface area contributed by atoms with Gasteiger partial charge in [0, 0.05) is 16.2 Å². The Morgan fingerprint density at radius 3 is 2.63 bits per heavy atom. The van der Waals surface area contributed by atoms with Crippen LogP contribution in [-0.2, 0) is 16.6 Å². The second-order valence-corrected chi connectivity index (χ2v) is 6.10. The van der Waals surface area contributed by atoms with Crippen LogP contribution in [0.25, 0.3) is 0 Å². The average Bonchev–Trinajstić information content (AvgIpc) is 2.34. The Labute approximate surface area is 120 Å². The summed E-state index contributed by atoms with van der Waals surface area (Å²) in [5.74, 6) is -1.39. The molecule has 0 radical (unpaired) electrons. The highest BCUT2D eigenvalue weighted by Gasteiger charge is 2.13. The summed E-state index contributed by atoms with van der Waals surface area (Å²) in [6.07, 6.45) is 0. The van der Waals surface area contributed by atoms with Gasteiger partial charge < -0.3 is 5.73 Å². The fraction of sp³-hybridized carbons (Fsp3) is 0.0769. The van der Waals surface area contributed by atoms with Gasteiger partial charge in [-0.2, -0.15) is 0 Å². The third-order valence-electron chi connectivity index (χ3n) is 2.53. The van der Waals surface area contributed by atoms with Crippen molar-refractivity contribution in [1.82, 2.24) is 0 Å². The number of hydrogen-bond donors (Lipinski definition) is 1. The van der Waals surface area contributed by atoms with E-state index in [1.807, 2.05) is 0 Å². The molecule has 1 unspecified atom stereocenters. The first-order valence-electron chi connectivity index (χ1n) is 5.35. The van der Waals surface area contributed by atoms with Crippen LogP contribution in [0, 0.1) is 11.6 Å². The Bertz CT molecular complexity index is 649. The number of nitrogens with two attached hydrogens (primary N) is 1. The topological polar surface area (TPSA) is 43.1 Å². The van der Waals surface area contributed by atoms with Crippen molar-refractivity contribution in [2.24, 2.45) is 0 Å². The number of anilines is 1. The predicted octanol–water partition coefficient (Wildman–Crippen LogP) is 3.62. The van der Waals surface area contributed by atoms with E-state index in [-0.39, 0.29) is 10.6 Å². The summed E-state index contributed by atoms with van der Waals surface area (Å²) in [5.41, 5.74) is 6.95. The highest BCUT2D eigenvalue weighted by Crippen LogP contribution is 2.26. The van der Waals surface area contributed by atoms with Crippen LogP contribution in [0.2, 0.25) is 0 Å². The minimum Gasteiger partial charge on any atom is -0.398 e. The predicted molar refractivity (Wildman–Crippen MR) is 75.0 cm³/mol. The molecule has 0 fully saturated rings. The summed E-state index contributed by atoms with van der Waals surface area (Å²) < 4.78 is 39.0. The lowest BCUT2D eigenvalue weighted by Gasteiger charge is -2.07. The first-order chi connectivity index (χ1) is 8.99. The van der Waals surface area contributed by atoms with Crippen LogP contribution in [0.3, 0.4) is 0 Å². The van der Waals surface area contributed by atoms with Crippen LogP contribution in [0.1, 0.15) is 5.56 Å². The Morgan fingerprint density at radius 2 is 1.95 bits per heavy atom. The Balaban J connectivity index is 2.28. The number of benzene rings is 2. The zero-order valence-corrected chi connectivity index (χ0v) is 12.1. The van der Waals surface area contributed by atoms with E-state index in [1.54, 1.807) is 18.2 Å². The molecule has 0 bridgehead atoms. The van der Waals surface area contributed by atoms with Gasteiger partial charge in [-0.15, -0.1) is 0 Å². The molecule has 100 valence electrons. The smallest absolute Gasteiger partial charge is 0.142 e. The maximum atomic E-state index is 13.5. The molecule has 0 aromatic heterocycles. The molecule has 0 aliphatic carbocycles. The van der Waals surface area contributed by atoms with Gasteiger partial charge >= 0.3 is 0 Å². The van der Waals surface area contributed by atoms with Gasteiger partial charge in [-0.05, 0) is 39.7 Å². The lowest BCUT2D eigenvalue weighted by molar-refractivity contribution is 0.562. The normalized spacial score (nSPS) is 12.4. The van der Waals surface area contributed by atoms with Crippen molar-refractivity contribution in [1.29, 1.82) is 0 Å². The van der Waals surface area contributed by atoms with Gasteiger partial charge in [-0.3, -0.25) is 4.21 Å². The van der Waals surface area contributed by atoms with Gasteiger partial charge in [-0.1, -0.05) is 12.1 Å². The summed E-state index contributed by atoms with van der Waals surface area (Å²) in [6, 6.07) is 8.19. The standard InChI is InChI=1S/C13H10BrF2NOS/c14-13-8(2-1-3-11(13)17)7-19(18)12-5-4-9(15)6-10(12)16/h1-6H,7,17H2. The van der Waals surface area contributed by atoms with Crippen LogP contribution < -0.4 is 5.73 Å². The fourth-order valence-corrected chi connectivity index (χ4v) is 3.35. The monoisotopic (exact) mass is 345 g/mol. The number of rotatable bonds is 3. The average molecular weight is 346 g/mol. The Morgan fingerprint density at radius 1 is 1.21 bits per heavy atom. The maximum absolute atomic E-state index is 13.5. The third kappa shape index (κ3) is 3.19. The zero-order chi connectivity index (χ0) is 14.0. The van der Waals surface area contributed by atoms with Gasteiger partial charge in [0.05, 0.1) is 21.4 Å². The highest BCUT2D eigenvalue weighted by molar-refractivity contribution is 9.10. The molecule has 0 saturated heterocycles. The second-order valence-electron chi connectivity index (χ2n) is 3.88. The molecule has 0 heterocycles. The van der Waals surface area contributed by atoms with Crippen LogP contribution in [0.5, 0.6) is 0 Å². The van der Waals surface area contributed by atoms with E-state index >= 15 is 0 Å². The SMILES string of the molecule is Nc1cccc(CS(=O)c2ccc(F)cc2F)c1Br. The largest absolute Gasteiger partial charge is 0.398 e. The van der Waals surface area contributed by atoms with Gasteiger partial charge in [0.1, 0.15) is 11.6 Å². The molecule has 2 nitrogen and oxygen atoms in total. The Kier molecular flexibility index (Phi) is 4.31. The zero-order valence-electron chi connectivity index (χ0n) is 9.70. The lowest BCUT2D eigenvalue weighted by Crippen LogP contribution is -2.01. The van der Waals surface area contributed by atoms with Gasteiger partial charge in [0.15, 0.2) is 0 Å². The van der Waals surface area contributed by atoms with E-state index < -0.39 is 22.4 Å². The van der Waals surface area contributed by atoms with E-state index in [0.717, 1.165) is 12.1 Å². The summed E-state index contributed by atoms with van der Waals surface area (Å²) in [4.78, 5) is -0.0178. The molecule has 6 heteroatoms. The van der Waals surface area contributed by atoms with Gasteiger partial charge in [0.2, 0.25) is 0 Å². The molecular formula is C13H10BrF2NOS. The summed E-state index contributed by atoms with van der Waals surface area (Å²) in [6.45, 7) is 0. The van der Waals surface area contributed by atoms with Crippen molar-refractivity contribution >= 4 is 32.4 Å². The van der Waals surface area contributed by atoms with Crippen LogP contribution in [0.4, 0.5) is 14.5 Å². The van der Waals surface area contributed by atoms with Crippen molar-refractivity contribution in [3.05, 3.63) is 58.1 Å². The molecule has 2 N–H and O–H groups in total. The summed E-state index contributed by atoms with van der Waals surface area (Å²) in [5, 5.41) is 0. The number of hydrogen-bond acceptors (Lipinski definition) is 2. The molecule has 0 saturated carbocycles. The molecule has 1 atom stereocenters. The van der Waals surface area contributed by atoms with E-state index in [2.05, 4.69) is 15.9 Å². The number of halogens is 3. The van der Waals surface area contributed by atoms with Gasteiger partial charge in [0.25, 0.3) is 0 Å². The van der Waals surface area contributed by atoms with E-state index in [0.29, 0.717) is 15.7 Å². The van der Waals surface area contributed by atoms with Crippen molar-refractivity contribution in [2.45, 2.75) is 10.6 Å². The molecule has 2 aromatic rings. The second kappa shape index (κ2) is 5.79. The van der Waals surface area contributed by atoms with Crippen molar-refractivity contribution < 1.29 is 13.0 Å². The van der Waals surface area contributed by atoms with E-state index in [9.17, 15) is 13.0 Å². The minimum absolute atomic E-state index is 0.0178. The van der Waals surface area contributed by atoms with Crippen molar-refractivity contribution in [2.75, 3.05) is 5.73 Å².